The fourth-order valence-electron chi connectivity index (χ4n) is 4.83. The first-order chi connectivity index (χ1) is 16.0. The number of ether oxygens (including phenoxy) is 3. The molecule has 1 aliphatic heterocycles. The minimum atomic E-state index is -0.0288. The van der Waals surface area contributed by atoms with Crippen LogP contribution in [0.5, 0.6) is 17.2 Å². The first-order valence-corrected chi connectivity index (χ1v) is 11.6. The number of carbonyl (C=O) groups is 3. The number of rotatable bonds is 10. The summed E-state index contributed by atoms with van der Waals surface area (Å²) >= 11 is 0. The molecule has 2 aromatic rings. The molecule has 174 valence electrons. The molecule has 2 unspecified atom stereocenters. The largest absolute Gasteiger partial charge is 0.486 e. The number of Topliss-reactive ketones (excluding diaryl/α,β-unsaturated/α-hetero) is 3. The average Bonchev–Trinajstić information content (AvgIpc) is 3.26. The van der Waals surface area contributed by atoms with E-state index < -0.39 is 0 Å². The van der Waals surface area contributed by atoms with Crippen molar-refractivity contribution in [3.8, 4) is 17.2 Å². The third kappa shape index (κ3) is 6.44. The van der Waals surface area contributed by atoms with Crippen molar-refractivity contribution in [1.29, 1.82) is 0 Å². The van der Waals surface area contributed by atoms with Crippen molar-refractivity contribution in [2.24, 2.45) is 11.8 Å². The number of ketones is 3. The van der Waals surface area contributed by atoms with Crippen LogP contribution in [-0.4, -0.2) is 30.7 Å². The van der Waals surface area contributed by atoms with Crippen molar-refractivity contribution >= 4 is 17.3 Å². The second-order valence-corrected chi connectivity index (χ2v) is 9.15. The lowest BCUT2D eigenvalue weighted by Crippen LogP contribution is -2.22. The highest BCUT2D eigenvalue weighted by Gasteiger charge is 2.25. The van der Waals surface area contributed by atoms with Crippen molar-refractivity contribution in [2.45, 2.75) is 51.9 Å². The first kappa shape index (κ1) is 23.0. The van der Waals surface area contributed by atoms with Gasteiger partial charge in [0.1, 0.15) is 18.1 Å². The monoisotopic (exact) mass is 450 g/mol. The van der Waals surface area contributed by atoms with E-state index in [4.69, 9.17) is 14.2 Å². The highest BCUT2D eigenvalue weighted by Crippen LogP contribution is 2.34. The highest BCUT2D eigenvalue weighted by molar-refractivity contribution is 5.98. The van der Waals surface area contributed by atoms with Crippen LogP contribution in [-0.2, 0) is 16.0 Å². The summed E-state index contributed by atoms with van der Waals surface area (Å²) in [5.41, 5.74) is 1.39. The van der Waals surface area contributed by atoms with E-state index in [1.54, 1.807) is 31.2 Å². The lowest BCUT2D eigenvalue weighted by atomic mass is 9.77. The van der Waals surface area contributed by atoms with Crippen LogP contribution >= 0.6 is 0 Å². The van der Waals surface area contributed by atoms with Gasteiger partial charge in [-0.1, -0.05) is 31.4 Å². The second kappa shape index (κ2) is 10.6. The fraction of sp³-hybridized carbons (Fsp3) is 0.444. The van der Waals surface area contributed by atoms with Gasteiger partial charge in [0.15, 0.2) is 23.1 Å². The average molecular weight is 451 g/mol. The van der Waals surface area contributed by atoms with Gasteiger partial charge in [0, 0.05) is 24.8 Å². The Morgan fingerprint density at radius 2 is 1.76 bits per heavy atom. The maximum Gasteiger partial charge on any atom is 0.231 e. The van der Waals surface area contributed by atoms with Crippen LogP contribution in [0, 0.1) is 11.8 Å². The quantitative estimate of drug-likeness (QED) is 0.476. The fourth-order valence-corrected chi connectivity index (χ4v) is 4.83. The summed E-state index contributed by atoms with van der Waals surface area (Å²) in [5.74, 6) is 2.84. The number of hydrogen-bond acceptors (Lipinski definition) is 6. The summed E-state index contributed by atoms with van der Waals surface area (Å²) < 4.78 is 16.4. The van der Waals surface area contributed by atoms with E-state index in [1.165, 1.54) is 0 Å². The predicted octanol–water partition coefficient (Wildman–Crippen LogP) is 4.96. The molecule has 2 atom stereocenters. The molecule has 4 rings (SSSR count). The lowest BCUT2D eigenvalue weighted by Gasteiger charge is -2.28. The van der Waals surface area contributed by atoms with E-state index in [0.29, 0.717) is 47.5 Å². The standard InChI is InChI=1S/C27H30O6/c1-18(28)10-19-4-2-5-20(11-19)12-23(29)16-31-24-7-3-6-21(13-24)14-25(30)22-8-9-26-27(15-22)33-17-32-26/h3,6-9,13,15,19-20H,2,4-5,10-12,14,16-17H2,1H3. The maximum absolute atomic E-state index is 12.7. The van der Waals surface area contributed by atoms with Gasteiger partial charge in [-0.15, -0.1) is 0 Å². The SMILES string of the molecule is CC(=O)CC1CCCC(CC(=O)COc2cccc(CC(=O)c3ccc4c(c3)OCO4)c2)C1. The molecule has 33 heavy (non-hydrogen) atoms. The molecule has 1 aliphatic carbocycles. The normalized spacial score (nSPS) is 19.2. The molecule has 0 bridgehead atoms. The molecule has 6 heteroatoms. The van der Waals surface area contributed by atoms with E-state index in [0.717, 1.165) is 31.2 Å². The zero-order chi connectivity index (χ0) is 23.2. The van der Waals surface area contributed by atoms with Crippen LogP contribution in [0.3, 0.4) is 0 Å². The number of fused-ring (bicyclic) bond motifs is 1. The summed E-state index contributed by atoms with van der Waals surface area (Å²) in [6.45, 7) is 1.83. The van der Waals surface area contributed by atoms with Gasteiger partial charge in [0.2, 0.25) is 6.79 Å². The first-order valence-electron chi connectivity index (χ1n) is 11.6. The van der Waals surface area contributed by atoms with E-state index in [1.807, 2.05) is 18.2 Å². The third-order valence-corrected chi connectivity index (χ3v) is 6.34. The molecule has 0 radical (unpaired) electrons. The topological polar surface area (TPSA) is 78.9 Å². The highest BCUT2D eigenvalue weighted by atomic mass is 16.7. The molecule has 1 fully saturated rings. The van der Waals surface area contributed by atoms with Crippen molar-refractivity contribution < 1.29 is 28.6 Å². The molecular formula is C27H30O6. The predicted molar refractivity (Wildman–Crippen MR) is 123 cm³/mol. The molecule has 0 N–H and O–H groups in total. The zero-order valence-corrected chi connectivity index (χ0v) is 19.0. The van der Waals surface area contributed by atoms with Gasteiger partial charge in [-0.25, -0.2) is 0 Å². The summed E-state index contributed by atoms with van der Waals surface area (Å²) in [4.78, 5) is 36.6. The van der Waals surface area contributed by atoms with E-state index >= 15 is 0 Å². The Morgan fingerprint density at radius 3 is 2.58 bits per heavy atom. The van der Waals surface area contributed by atoms with Gasteiger partial charge in [-0.05, 0) is 61.1 Å². The van der Waals surface area contributed by atoms with Gasteiger partial charge >= 0.3 is 0 Å². The minimum absolute atomic E-state index is 0.0213. The van der Waals surface area contributed by atoms with Crippen LogP contribution in [0.15, 0.2) is 42.5 Å². The molecule has 0 spiro atoms. The molecular weight excluding hydrogens is 420 g/mol. The Bertz CT molecular complexity index is 1030. The summed E-state index contributed by atoms with van der Waals surface area (Å²) in [6.07, 6.45) is 5.50. The molecule has 1 saturated carbocycles. The van der Waals surface area contributed by atoms with Gasteiger partial charge in [0.05, 0.1) is 0 Å². The Labute approximate surface area is 194 Å². The van der Waals surface area contributed by atoms with E-state index in [9.17, 15) is 14.4 Å². The van der Waals surface area contributed by atoms with Crippen molar-refractivity contribution in [2.75, 3.05) is 13.4 Å². The molecule has 0 amide bonds. The van der Waals surface area contributed by atoms with Crippen molar-refractivity contribution in [3.63, 3.8) is 0 Å². The smallest absolute Gasteiger partial charge is 0.231 e. The number of carbonyl (C=O) groups excluding carboxylic acids is 3. The maximum atomic E-state index is 12.7. The molecule has 0 aromatic heterocycles. The second-order valence-electron chi connectivity index (χ2n) is 9.15. The van der Waals surface area contributed by atoms with Crippen LogP contribution in [0.4, 0.5) is 0 Å². The lowest BCUT2D eigenvalue weighted by molar-refractivity contribution is -0.122. The van der Waals surface area contributed by atoms with Crippen molar-refractivity contribution in [3.05, 3.63) is 53.6 Å². The number of hydrogen-bond donors (Lipinski definition) is 0. The van der Waals surface area contributed by atoms with Gasteiger partial charge in [-0.3, -0.25) is 9.59 Å². The van der Waals surface area contributed by atoms with Gasteiger partial charge in [0.25, 0.3) is 0 Å². The van der Waals surface area contributed by atoms with Crippen LogP contribution in [0.1, 0.15) is 61.4 Å². The van der Waals surface area contributed by atoms with Crippen molar-refractivity contribution in [1.82, 2.24) is 0 Å². The Kier molecular flexibility index (Phi) is 7.43. The minimum Gasteiger partial charge on any atom is -0.486 e. The van der Waals surface area contributed by atoms with E-state index in [-0.39, 0.29) is 37.2 Å². The Balaban J connectivity index is 1.27. The van der Waals surface area contributed by atoms with Gasteiger partial charge in [-0.2, -0.15) is 0 Å². The van der Waals surface area contributed by atoms with Crippen LogP contribution in [0.25, 0.3) is 0 Å². The third-order valence-electron chi connectivity index (χ3n) is 6.34. The molecule has 6 nitrogen and oxygen atoms in total. The summed E-state index contributed by atoms with van der Waals surface area (Å²) in [5, 5.41) is 0. The summed E-state index contributed by atoms with van der Waals surface area (Å²) in [6, 6.07) is 12.5. The molecule has 1 heterocycles. The molecule has 2 aromatic carbocycles. The molecule has 2 aliphatic rings. The van der Waals surface area contributed by atoms with Crippen LogP contribution < -0.4 is 14.2 Å². The Morgan fingerprint density at radius 1 is 0.970 bits per heavy atom. The number of benzene rings is 2. The molecule has 0 saturated heterocycles. The van der Waals surface area contributed by atoms with Crippen LogP contribution in [0.2, 0.25) is 0 Å². The zero-order valence-electron chi connectivity index (χ0n) is 19.0. The Hall–Kier alpha value is -3.15. The van der Waals surface area contributed by atoms with Gasteiger partial charge < -0.3 is 19.0 Å². The summed E-state index contributed by atoms with van der Waals surface area (Å²) in [7, 11) is 0. The van der Waals surface area contributed by atoms with E-state index in [2.05, 4.69) is 0 Å².